The molecule has 8 heteroatoms. The Kier molecular flexibility index (Phi) is 5.39. The lowest BCUT2D eigenvalue weighted by molar-refractivity contribution is -0.127. The van der Waals surface area contributed by atoms with E-state index in [1.807, 2.05) is 0 Å². The third kappa shape index (κ3) is 4.12. The molecule has 7 nitrogen and oxygen atoms in total. The van der Waals surface area contributed by atoms with E-state index in [-0.39, 0.29) is 42.4 Å². The SMILES string of the molecule is CC(C(=O)NC1CC1)N1C(=O)COc2ccc(C(=O)COc3ccccc3F)cc21. The summed E-state index contributed by atoms with van der Waals surface area (Å²) in [6.45, 7) is 1.09. The Labute approximate surface area is 172 Å². The molecule has 0 saturated heterocycles. The quantitative estimate of drug-likeness (QED) is 0.707. The van der Waals surface area contributed by atoms with E-state index in [4.69, 9.17) is 9.47 Å². The number of para-hydroxylation sites is 1. The van der Waals surface area contributed by atoms with E-state index in [0.717, 1.165) is 12.8 Å². The third-order valence-corrected chi connectivity index (χ3v) is 5.05. The number of Topliss-reactive ketones (excluding diaryl/α,β-unsaturated/α-hetero) is 1. The van der Waals surface area contributed by atoms with Gasteiger partial charge in [-0.1, -0.05) is 12.1 Å². The number of fused-ring (bicyclic) bond motifs is 1. The molecule has 2 aromatic rings. The minimum absolute atomic E-state index is 0.0192. The van der Waals surface area contributed by atoms with Crippen molar-refractivity contribution in [1.82, 2.24) is 5.32 Å². The molecule has 30 heavy (non-hydrogen) atoms. The zero-order chi connectivity index (χ0) is 21.3. The van der Waals surface area contributed by atoms with E-state index in [1.165, 1.54) is 29.2 Å². The van der Waals surface area contributed by atoms with Gasteiger partial charge in [0.1, 0.15) is 11.8 Å². The molecule has 4 rings (SSSR count). The molecule has 1 N–H and O–H groups in total. The maximum Gasteiger partial charge on any atom is 0.265 e. The van der Waals surface area contributed by atoms with Gasteiger partial charge in [-0.05, 0) is 50.1 Å². The van der Waals surface area contributed by atoms with Gasteiger partial charge in [0.2, 0.25) is 5.91 Å². The second-order valence-corrected chi connectivity index (χ2v) is 7.34. The van der Waals surface area contributed by atoms with E-state index in [0.29, 0.717) is 11.4 Å². The molecule has 156 valence electrons. The number of carbonyl (C=O) groups excluding carboxylic acids is 3. The zero-order valence-corrected chi connectivity index (χ0v) is 16.4. The van der Waals surface area contributed by atoms with Gasteiger partial charge in [0, 0.05) is 11.6 Å². The second kappa shape index (κ2) is 8.14. The maximum atomic E-state index is 13.7. The first kappa shape index (κ1) is 19.9. The largest absolute Gasteiger partial charge is 0.482 e. The van der Waals surface area contributed by atoms with E-state index >= 15 is 0 Å². The summed E-state index contributed by atoms with van der Waals surface area (Å²) in [6, 6.07) is 9.86. The minimum Gasteiger partial charge on any atom is -0.482 e. The first-order valence-corrected chi connectivity index (χ1v) is 9.74. The van der Waals surface area contributed by atoms with Crippen LogP contribution in [0.1, 0.15) is 30.1 Å². The van der Waals surface area contributed by atoms with E-state index < -0.39 is 17.6 Å². The number of hydrogen-bond acceptors (Lipinski definition) is 5. The molecule has 0 aromatic heterocycles. The summed E-state index contributed by atoms with van der Waals surface area (Å²) in [7, 11) is 0. The smallest absolute Gasteiger partial charge is 0.265 e. The topological polar surface area (TPSA) is 84.9 Å². The average molecular weight is 412 g/mol. The first-order valence-electron chi connectivity index (χ1n) is 9.74. The van der Waals surface area contributed by atoms with Gasteiger partial charge in [-0.3, -0.25) is 19.3 Å². The Morgan fingerprint density at radius 2 is 2.03 bits per heavy atom. The van der Waals surface area contributed by atoms with Gasteiger partial charge >= 0.3 is 0 Å². The molecule has 1 saturated carbocycles. The highest BCUT2D eigenvalue weighted by Gasteiger charge is 2.35. The molecule has 2 aliphatic rings. The van der Waals surface area contributed by atoms with Crippen LogP contribution in [-0.2, 0) is 9.59 Å². The highest BCUT2D eigenvalue weighted by atomic mass is 19.1. The van der Waals surface area contributed by atoms with Crippen LogP contribution in [0.4, 0.5) is 10.1 Å². The lowest BCUT2D eigenvalue weighted by atomic mass is 10.1. The molecule has 0 spiro atoms. The van der Waals surface area contributed by atoms with Crippen LogP contribution in [0.2, 0.25) is 0 Å². The van der Waals surface area contributed by atoms with Crippen molar-refractivity contribution in [2.24, 2.45) is 0 Å². The number of ketones is 1. The lowest BCUT2D eigenvalue weighted by Crippen LogP contribution is -2.51. The van der Waals surface area contributed by atoms with Crippen molar-refractivity contribution in [3.8, 4) is 11.5 Å². The van der Waals surface area contributed by atoms with E-state index in [1.54, 1.807) is 25.1 Å². The van der Waals surface area contributed by atoms with Crippen molar-refractivity contribution < 1.29 is 28.2 Å². The van der Waals surface area contributed by atoms with Crippen LogP contribution in [0.15, 0.2) is 42.5 Å². The van der Waals surface area contributed by atoms with Gasteiger partial charge in [-0.15, -0.1) is 0 Å². The van der Waals surface area contributed by atoms with Crippen LogP contribution in [0.3, 0.4) is 0 Å². The number of ether oxygens (including phenoxy) is 2. The molecule has 1 unspecified atom stereocenters. The van der Waals surface area contributed by atoms with Gasteiger partial charge in [0.15, 0.2) is 30.6 Å². The average Bonchev–Trinajstić information content (AvgIpc) is 3.56. The molecule has 2 aromatic carbocycles. The van der Waals surface area contributed by atoms with Crippen LogP contribution in [0, 0.1) is 5.82 Å². The first-order chi connectivity index (χ1) is 14.4. The van der Waals surface area contributed by atoms with Crippen molar-refractivity contribution in [3.05, 3.63) is 53.8 Å². The fourth-order valence-corrected chi connectivity index (χ4v) is 3.22. The highest BCUT2D eigenvalue weighted by Crippen LogP contribution is 2.35. The molecule has 1 aliphatic carbocycles. The van der Waals surface area contributed by atoms with Crippen LogP contribution >= 0.6 is 0 Å². The van der Waals surface area contributed by atoms with Crippen LogP contribution in [-0.4, -0.2) is 42.9 Å². The summed E-state index contributed by atoms with van der Waals surface area (Å²) in [5.74, 6) is -1.18. The Balaban J connectivity index is 1.53. The summed E-state index contributed by atoms with van der Waals surface area (Å²) < 4.78 is 24.4. The van der Waals surface area contributed by atoms with Gasteiger partial charge in [0.05, 0.1) is 5.69 Å². The monoisotopic (exact) mass is 412 g/mol. The molecule has 1 fully saturated rings. The maximum absolute atomic E-state index is 13.7. The summed E-state index contributed by atoms with van der Waals surface area (Å²) >= 11 is 0. The van der Waals surface area contributed by atoms with Gasteiger partial charge in [-0.2, -0.15) is 0 Å². The predicted molar refractivity (Wildman–Crippen MR) is 106 cm³/mol. The van der Waals surface area contributed by atoms with Crippen molar-refractivity contribution in [2.75, 3.05) is 18.1 Å². The molecule has 2 amide bonds. The van der Waals surface area contributed by atoms with Crippen molar-refractivity contribution >= 4 is 23.3 Å². The summed E-state index contributed by atoms with van der Waals surface area (Å²) in [4.78, 5) is 38.9. The molecule has 1 atom stereocenters. The molecule has 1 aliphatic heterocycles. The third-order valence-electron chi connectivity index (χ3n) is 5.05. The van der Waals surface area contributed by atoms with Crippen molar-refractivity contribution in [1.29, 1.82) is 0 Å². The standard InChI is InChI=1S/C22H21FN2O5/c1-13(22(28)24-15-7-8-15)25-17-10-14(6-9-20(17)30-12-21(25)27)18(26)11-29-19-5-3-2-4-16(19)23/h2-6,9-10,13,15H,7-8,11-12H2,1H3,(H,24,28). The fourth-order valence-electron chi connectivity index (χ4n) is 3.22. The van der Waals surface area contributed by atoms with Gasteiger partial charge in [-0.25, -0.2) is 4.39 Å². The van der Waals surface area contributed by atoms with Crippen molar-refractivity contribution in [3.63, 3.8) is 0 Å². The summed E-state index contributed by atoms with van der Waals surface area (Å²) in [5.41, 5.74) is 0.615. The van der Waals surface area contributed by atoms with E-state index in [9.17, 15) is 18.8 Å². The second-order valence-electron chi connectivity index (χ2n) is 7.34. The number of nitrogens with one attached hydrogen (secondary N) is 1. The van der Waals surface area contributed by atoms with Crippen LogP contribution in [0.25, 0.3) is 0 Å². The summed E-state index contributed by atoms with van der Waals surface area (Å²) in [5, 5.41) is 2.89. The van der Waals surface area contributed by atoms with Gasteiger partial charge in [0.25, 0.3) is 5.91 Å². The Morgan fingerprint density at radius 1 is 1.27 bits per heavy atom. The number of anilines is 1. The van der Waals surface area contributed by atoms with Crippen LogP contribution in [0.5, 0.6) is 11.5 Å². The molecule has 0 bridgehead atoms. The molecular weight excluding hydrogens is 391 g/mol. The number of carbonyl (C=O) groups is 3. The number of benzene rings is 2. The lowest BCUT2D eigenvalue weighted by Gasteiger charge is -2.33. The zero-order valence-electron chi connectivity index (χ0n) is 16.4. The Morgan fingerprint density at radius 3 is 2.77 bits per heavy atom. The summed E-state index contributed by atoms with van der Waals surface area (Å²) in [6.07, 6.45) is 1.87. The number of hydrogen-bond donors (Lipinski definition) is 1. The van der Waals surface area contributed by atoms with Crippen LogP contribution < -0.4 is 19.7 Å². The number of amides is 2. The molecule has 1 heterocycles. The normalized spacial score (nSPS) is 16.3. The highest BCUT2D eigenvalue weighted by molar-refractivity contribution is 6.06. The van der Waals surface area contributed by atoms with Crippen molar-refractivity contribution in [2.45, 2.75) is 31.8 Å². The molecular formula is C22H21FN2O5. The molecule has 0 radical (unpaired) electrons. The number of nitrogens with zero attached hydrogens (tertiary/aromatic N) is 1. The number of rotatable bonds is 7. The van der Waals surface area contributed by atoms with Gasteiger partial charge < -0.3 is 14.8 Å². The fraction of sp³-hybridized carbons (Fsp3) is 0.318. The Bertz CT molecular complexity index is 1000. The Hall–Kier alpha value is -3.42. The minimum atomic E-state index is -0.749. The predicted octanol–water partition coefficient (Wildman–Crippen LogP) is 2.48. The number of halogens is 1. The van der Waals surface area contributed by atoms with E-state index in [2.05, 4.69) is 5.32 Å².